The van der Waals surface area contributed by atoms with Gasteiger partial charge >= 0.3 is 0 Å². The average molecular weight is 853 g/mol. The Morgan fingerprint density at radius 1 is 0.415 bits per heavy atom. The van der Waals surface area contributed by atoms with Gasteiger partial charge < -0.3 is 5.32 Å². The van der Waals surface area contributed by atoms with E-state index in [2.05, 4.69) is 198 Å². The maximum absolute atomic E-state index is 9.91. The van der Waals surface area contributed by atoms with E-state index >= 15 is 0 Å². The molecular formula is C58H40N6S. The summed E-state index contributed by atoms with van der Waals surface area (Å²) in [5, 5.41) is 15.6. The third kappa shape index (κ3) is 7.18. The van der Waals surface area contributed by atoms with Gasteiger partial charge in [-0.1, -0.05) is 146 Å². The molecule has 65 heavy (non-hydrogen) atoms. The molecule has 0 aliphatic heterocycles. The number of nitriles is 1. The van der Waals surface area contributed by atoms with E-state index in [1.807, 2.05) is 54.6 Å². The van der Waals surface area contributed by atoms with Crippen molar-refractivity contribution in [2.45, 2.75) is 19.6 Å². The Balaban J connectivity index is 1.13. The summed E-state index contributed by atoms with van der Waals surface area (Å²) >= 11 is 0. The fourth-order valence-electron chi connectivity index (χ4n) is 8.85. The second kappa shape index (κ2) is 16.9. The number of para-hydroxylation sites is 2. The quantitative estimate of drug-likeness (QED) is 0.148. The molecule has 0 aliphatic rings. The first kappa shape index (κ1) is 39.3. The van der Waals surface area contributed by atoms with Crippen LogP contribution in [0, 0.1) is 11.3 Å². The van der Waals surface area contributed by atoms with Crippen LogP contribution in [0.4, 0.5) is 11.4 Å². The van der Waals surface area contributed by atoms with Gasteiger partial charge in [-0.3, -0.25) is 4.57 Å². The van der Waals surface area contributed by atoms with E-state index in [1.165, 1.54) is 14.7 Å². The standard InChI is InChI=1S/C58H40N6S/c59-40-41-35-36-55-52(37-41)51-32-14-16-34-54(51)64(55)58-62-56(43-21-17-23-45(38-43)60-53-33-15-13-31-50(53)42-19-5-1-6-20-42)61-57(63-58)44-22-18-30-49(39-44)65(46-24-7-2-8-25-46,47-26-9-3-10-27-47)48-28-11-4-12-29-48/h1-39,60H. The number of rotatable bonds is 10. The lowest BCUT2D eigenvalue weighted by Gasteiger charge is -2.42. The van der Waals surface area contributed by atoms with E-state index in [9.17, 15) is 5.26 Å². The summed E-state index contributed by atoms with van der Waals surface area (Å²) in [6.07, 6.45) is 0. The van der Waals surface area contributed by atoms with E-state index in [0.717, 1.165) is 60.3 Å². The number of hydrogen-bond acceptors (Lipinski definition) is 5. The van der Waals surface area contributed by atoms with Crippen molar-refractivity contribution in [1.82, 2.24) is 19.5 Å². The van der Waals surface area contributed by atoms with Gasteiger partial charge in [-0.2, -0.15) is 15.2 Å². The van der Waals surface area contributed by atoms with Crippen molar-refractivity contribution < 1.29 is 0 Å². The number of nitrogens with one attached hydrogen (secondary N) is 1. The fraction of sp³-hybridized carbons (Fsp3) is 0. The van der Waals surface area contributed by atoms with Crippen LogP contribution in [0.25, 0.3) is 61.7 Å². The Bertz CT molecular complexity index is 3430. The molecule has 0 atom stereocenters. The molecule has 0 radical (unpaired) electrons. The summed E-state index contributed by atoms with van der Waals surface area (Å²) in [4.78, 5) is 20.8. The normalized spacial score (nSPS) is 11.6. The maximum Gasteiger partial charge on any atom is 0.238 e. The van der Waals surface area contributed by atoms with Crippen LogP contribution < -0.4 is 5.32 Å². The molecule has 7 heteroatoms. The van der Waals surface area contributed by atoms with Crippen LogP contribution in [0.1, 0.15) is 5.56 Å². The van der Waals surface area contributed by atoms with Crippen LogP contribution in [-0.2, 0) is 0 Å². The van der Waals surface area contributed by atoms with Crippen molar-refractivity contribution in [3.63, 3.8) is 0 Å². The van der Waals surface area contributed by atoms with Crippen LogP contribution >= 0.6 is 10.0 Å². The number of fused-ring (bicyclic) bond motifs is 3. The third-order valence-corrected chi connectivity index (χ3v) is 15.7. The Hall–Kier alpha value is -8.57. The molecule has 2 aromatic heterocycles. The first-order valence-corrected chi connectivity index (χ1v) is 23.1. The highest BCUT2D eigenvalue weighted by molar-refractivity contribution is 8.34. The number of benzene rings is 9. The lowest BCUT2D eigenvalue weighted by Crippen LogP contribution is -2.07. The van der Waals surface area contributed by atoms with Crippen LogP contribution in [0.2, 0.25) is 0 Å². The molecule has 0 aliphatic carbocycles. The van der Waals surface area contributed by atoms with Gasteiger partial charge in [0.1, 0.15) is 0 Å². The minimum absolute atomic E-state index is 0.479. The average Bonchev–Trinajstić information content (AvgIpc) is 3.72. The second-order valence-electron chi connectivity index (χ2n) is 15.7. The maximum atomic E-state index is 9.91. The van der Waals surface area contributed by atoms with Crippen molar-refractivity contribution in [2.75, 3.05) is 5.32 Å². The van der Waals surface area contributed by atoms with Gasteiger partial charge in [-0.25, -0.2) is 4.98 Å². The van der Waals surface area contributed by atoms with Crippen LogP contribution in [0.15, 0.2) is 256 Å². The van der Waals surface area contributed by atoms with Crippen molar-refractivity contribution in [3.8, 4) is 45.9 Å². The summed E-state index contributed by atoms with van der Waals surface area (Å²) in [6.45, 7) is 0. The van der Waals surface area contributed by atoms with E-state index in [-0.39, 0.29) is 0 Å². The summed E-state index contributed by atoms with van der Waals surface area (Å²) in [6, 6.07) is 84.6. The summed E-state index contributed by atoms with van der Waals surface area (Å²) in [5.41, 5.74) is 8.25. The first-order chi connectivity index (χ1) is 32.2. The third-order valence-electron chi connectivity index (χ3n) is 11.8. The van der Waals surface area contributed by atoms with Crippen molar-refractivity contribution in [1.29, 1.82) is 5.26 Å². The second-order valence-corrected chi connectivity index (χ2v) is 18.8. The Kier molecular flexibility index (Phi) is 10.2. The molecule has 0 bridgehead atoms. The predicted octanol–water partition coefficient (Wildman–Crippen LogP) is 14.9. The lowest BCUT2D eigenvalue weighted by molar-refractivity contribution is 0.953. The van der Waals surface area contributed by atoms with Gasteiger partial charge in [0, 0.05) is 58.4 Å². The van der Waals surface area contributed by atoms with Gasteiger partial charge in [0.05, 0.1) is 22.7 Å². The molecule has 0 fully saturated rings. The zero-order valence-corrected chi connectivity index (χ0v) is 36.0. The van der Waals surface area contributed by atoms with Crippen molar-refractivity contribution in [2.24, 2.45) is 0 Å². The number of anilines is 2. The molecule has 11 rings (SSSR count). The van der Waals surface area contributed by atoms with Crippen LogP contribution in [-0.4, -0.2) is 19.5 Å². The Labute approximate surface area is 379 Å². The summed E-state index contributed by atoms with van der Waals surface area (Å²) in [5.74, 6) is 1.55. The van der Waals surface area contributed by atoms with Crippen LogP contribution in [0.3, 0.4) is 0 Å². The SMILES string of the molecule is N#Cc1ccc2c(c1)c1ccccc1n2-c1nc(-c2cccc(Nc3ccccc3-c3ccccc3)c2)nc(-c2cccc(S(c3ccccc3)(c3ccccc3)c3ccccc3)c2)n1. The lowest BCUT2D eigenvalue weighted by atomic mass is 10.0. The molecule has 2 heterocycles. The van der Waals surface area contributed by atoms with Gasteiger partial charge in [-0.05, 0) is 96.6 Å². The minimum atomic E-state index is -1.99. The molecule has 0 saturated carbocycles. The van der Waals surface area contributed by atoms with Gasteiger partial charge in [-0.15, -0.1) is 10.0 Å². The molecule has 9 aromatic carbocycles. The van der Waals surface area contributed by atoms with E-state index < -0.39 is 10.0 Å². The smallest absolute Gasteiger partial charge is 0.238 e. The predicted molar refractivity (Wildman–Crippen MR) is 265 cm³/mol. The molecule has 0 spiro atoms. The molecule has 308 valence electrons. The molecule has 0 saturated heterocycles. The zero-order chi connectivity index (χ0) is 43.6. The van der Waals surface area contributed by atoms with Gasteiger partial charge in [0.25, 0.3) is 0 Å². The first-order valence-electron chi connectivity index (χ1n) is 21.5. The Morgan fingerprint density at radius 3 is 1.60 bits per heavy atom. The monoisotopic (exact) mass is 852 g/mol. The van der Waals surface area contributed by atoms with E-state index in [4.69, 9.17) is 15.0 Å². The highest BCUT2D eigenvalue weighted by Gasteiger charge is 2.33. The fourth-order valence-corrected chi connectivity index (χ4v) is 12.8. The van der Waals surface area contributed by atoms with E-state index in [0.29, 0.717) is 23.2 Å². The number of hydrogen-bond donors (Lipinski definition) is 1. The molecule has 0 amide bonds. The highest BCUT2D eigenvalue weighted by atomic mass is 32.3. The number of nitrogens with zero attached hydrogens (tertiary/aromatic N) is 5. The molecular weight excluding hydrogens is 813 g/mol. The van der Waals surface area contributed by atoms with Gasteiger partial charge in [0.2, 0.25) is 5.95 Å². The largest absolute Gasteiger partial charge is 0.355 e. The molecule has 1 N–H and O–H groups in total. The van der Waals surface area contributed by atoms with Crippen molar-refractivity contribution >= 4 is 43.2 Å². The minimum Gasteiger partial charge on any atom is -0.355 e. The topological polar surface area (TPSA) is 79.4 Å². The van der Waals surface area contributed by atoms with Crippen molar-refractivity contribution in [3.05, 3.63) is 242 Å². The van der Waals surface area contributed by atoms with E-state index in [1.54, 1.807) is 0 Å². The molecule has 11 aromatic rings. The molecule has 0 unspecified atom stereocenters. The van der Waals surface area contributed by atoms with Crippen LogP contribution in [0.5, 0.6) is 0 Å². The summed E-state index contributed by atoms with van der Waals surface area (Å²) < 4.78 is 2.09. The van der Waals surface area contributed by atoms with Gasteiger partial charge in [0.15, 0.2) is 11.6 Å². The zero-order valence-electron chi connectivity index (χ0n) is 35.2. The Morgan fingerprint density at radius 2 is 0.938 bits per heavy atom. The number of aromatic nitrogens is 4. The molecule has 6 nitrogen and oxygen atoms in total. The summed E-state index contributed by atoms with van der Waals surface area (Å²) in [7, 11) is -1.99. The highest BCUT2D eigenvalue weighted by Crippen LogP contribution is 2.73.